The number of nitrogens with one attached hydrogen (secondary N) is 2. The third kappa shape index (κ3) is 2.94. The van der Waals surface area contributed by atoms with Crippen LogP contribution in [0.2, 0.25) is 0 Å². The Kier molecular flexibility index (Phi) is 4.19. The summed E-state index contributed by atoms with van der Waals surface area (Å²) in [6.45, 7) is 3.66. The maximum absolute atomic E-state index is 11.8. The zero-order chi connectivity index (χ0) is 13.8. The van der Waals surface area contributed by atoms with Crippen LogP contribution < -0.4 is 15.5 Å². The summed E-state index contributed by atoms with van der Waals surface area (Å²) in [4.78, 5) is 22.7. The summed E-state index contributed by atoms with van der Waals surface area (Å²) >= 11 is 0. The van der Waals surface area contributed by atoms with Gasteiger partial charge in [0.15, 0.2) is 0 Å². The lowest BCUT2D eigenvalue weighted by Gasteiger charge is -2.33. The molecule has 1 aliphatic rings. The van der Waals surface area contributed by atoms with Crippen LogP contribution in [0.3, 0.4) is 0 Å². The van der Waals surface area contributed by atoms with Crippen molar-refractivity contribution < 1.29 is 4.79 Å². The zero-order valence-corrected chi connectivity index (χ0v) is 11.7. The lowest BCUT2D eigenvalue weighted by Crippen LogP contribution is -2.42. The molecule has 2 rings (SSSR count). The molecule has 1 atom stereocenters. The molecule has 0 aromatic carbocycles. The molecule has 6 heteroatoms. The average molecular weight is 263 g/mol. The summed E-state index contributed by atoms with van der Waals surface area (Å²) in [5, 5.41) is 5.68. The van der Waals surface area contributed by atoms with Crippen molar-refractivity contribution in [3.63, 3.8) is 0 Å². The van der Waals surface area contributed by atoms with Crippen LogP contribution in [0.4, 0.5) is 11.8 Å². The van der Waals surface area contributed by atoms with E-state index in [9.17, 15) is 4.79 Å². The second-order valence-electron chi connectivity index (χ2n) is 4.85. The lowest BCUT2D eigenvalue weighted by molar-refractivity contribution is -0.124. The number of aryl methyl sites for hydroxylation is 1. The van der Waals surface area contributed by atoms with Gasteiger partial charge in [0.05, 0.1) is 5.92 Å². The Labute approximate surface area is 113 Å². The molecule has 0 bridgehead atoms. The highest BCUT2D eigenvalue weighted by molar-refractivity contribution is 5.79. The van der Waals surface area contributed by atoms with E-state index in [1.165, 1.54) is 0 Å². The van der Waals surface area contributed by atoms with Gasteiger partial charge in [-0.05, 0) is 19.8 Å². The quantitative estimate of drug-likeness (QED) is 0.843. The van der Waals surface area contributed by atoms with Crippen LogP contribution in [0.15, 0.2) is 6.20 Å². The molecule has 19 heavy (non-hydrogen) atoms. The van der Waals surface area contributed by atoms with Crippen molar-refractivity contribution in [1.29, 1.82) is 0 Å². The van der Waals surface area contributed by atoms with Crippen molar-refractivity contribution in [2.75, 3.05) is 37.4 Å². The topological polar surface area (TPSA) is 70.2 Å². The molecular formula is C13H21N5O. The SMILES string of the molecule is CNC(=O)C1CCCN(c2nc(NC)ncc2C)C1. The number of nitrogens with zero attached hydrogens (tertiary/aromatic N) is 3. The van der Waals surface area contributed by atoms with Gasteiger partial charge in [-0.1, -0.05) is 0 Å². The van der Waals surface area contributed by atoms with Crippen LogP contribution in [-0.4, -0.2) is 43.1 Å². The molecule has 0 aliphatic carbocycles. The largest absolute Gasteiger partial charge is 0.359 e. The van der Waals surface area contributed by atoms with Gasteiger partial charge in [0.2, 0.25) is 11.9 Å². The minimum absolute atomic E-state index is 0.0474. The van der Waals surface area contributed by atoms with E-state index in [0.717, 1.165) is 37.3 Å². The van der Waals surface area contributed by atoms with Crippen LogP contribution in [0.1, 0.15) is 18.4 Å². The van der Waals surface area contributed by atoms with Crippen molar-refractivity contribution in [2.45, 2.75) is 19.8 Å². The molecule has 1 saturated heterocycles. The first kappa shape index (κ1) is 13.6. The highest BCUT2D eigenvalue weighted by Crippen LogP contribution is 2.24. The smallest absolute Gasteiger partial charge is 0.224 e. The number of carbonyl (C=O) groups is 1. The van der Waals surface area contributed by atoms with E-state index in [4.69, 9.17) is 0 Å². The number of carbonyl (C=O) groups excluding carboxylic acids is 1. The van der Waals surface area contributed by atoms with Crippen LogP contribution >= 0.6 is 0 Å². The first-order valence-electron chi connectivity index (χ1n) is 6.63. The van der Waals surface area contributed by atoms with Crippen molar-refractivity contribution >= 4 is 17.7 Å². The average Bonchev–Trinajstić information content (AvgIpc) is 2.47. The number of piperidine rings is 1. The van der Waals surface area contributed by atoms with Crippen LogP contribution in [0.5, 0.6) is 0 Å². The Hall–Kier alpha value is -1.85. The zero-order valence-electron chi connectivity index (χ0n) is 11.7. The van der Waals surface area contributed by atoms with E-state index in [-0.39, 0.29) is 11.8 Å². The molecule has 0 saturated carbocycles. The Morgan fingerprint density at radius 2 is 2.26 bits per heavy atom. The molecule has 1 aromatic rings. The Morgan fingerprint density at radius 3 is 2.95 bits per heavy atom. The van der Waals surface area contributed by atoms with Gasteiger partial charge in [0, 0.05) is 38.9 Å². The number of hydrogen-bond donors (Lipinski definition) is 2. The Bertz CT molecular complexity index is 462. The number of anilines is 2. The van der Waals surface area contributed by atoms with E-state index < -0.39 is 0 Å². The van der Waals surface area contributed by atoms with Crippen LogP contribution in [0, 0.1) is 12.8 Å². The second kappa shape index (κ2) is 5.86. The molecule has 1 aliphatic heterocycles. The summed E-state index contributed by atoms with van der Waals surface area (Å²) in [5.41, 5.74) is 1.04. The Morgan fingerprint density at radius 1 is 1.47 bits per heavy atom. The summed E-state index contributed by atoms with van der Waals surface area (Å²) in [7, 11) is 3.49. The number of rotatable bonds is 3. The molecule has 1 amide bonds. The Balaban J connectivity index is 2.19. The molecule has 2 heterocycles. The minimum atomic E-state index is 0.0474. The predicted octanol–water partition coefficient (Wildman–Crippen LogP) is 0.789. The number of aromatic nitrogens is 2. The summed E-state index contributed by atoms with van der Waals surface area (Å²) in [5.74, 6) is 1.70. The number of hydrogen-bond acceptors (Lipinski definition) is 5. The van der Waals surface area contributed by atoms with Gasteiger partial charge in [-0.2, -0.15) is 4.98 Å². The fraction of sp³-hybridized carbons (Fsp3) is 0.615. The van der Waals surface area contributed by atoms with Crippen molar-refractivity contribution in [1.82, 2.24) is 15.3 Å². The van der Waals surface area contributed by atoms with E-state index in [1.54, 1.807) is 14.1 Å². The molecule has 1 fully saturated rings. The van der Waals surface area contributed by atoms with Gasteiger partial charge in [0.1, 0.15) is 5.82 Å². The molecular weight excluding hydrogens is 242 g/mol. The van der Waals surface area contributed by atoms with Crippen molar-refractivity contribution in [2.24, 2.45) is 5.92 Å². The van der Waals surface area contributed by atoms with Gasteiger partial charge in [-0.3, -0.25) is 4.79 Å². The van der Waals surface area contributed by atoms with E-state index >= 15 is 0 Å². The summed E-state index contributed by atoms with van der Waals surface area (Å²) in [6.07, 6.45) is 3.77. The molecule has 1 aromatic heterocycles. The monoisotopic (exact) mass is 263 g/mol. The van der Waals surface area contributed by atoms with E-state index in [1.807, 2.05) is 13.1 Å². The van der Waals surface area contributed by atoms with Gasteiger partial charge >= 0.3 is 0 Å². The van der Waals surface area contributed by atoms with Gasteiger partial charge in [-0.25, -0.2) is 4.98 Å². The normalized spacial score (nSPS) is 19.1. The first-order chi connectivity index (χ1) is 9.15. The predicted molar refractivity (Wildman–Crippen MR) is 75.3 cm³/mol. The highest BCUT2D eigenvalue weighted by atomic mass is 16.1. The van der Waals surface area contributed by atoms with Crippen LogP contribution in [-0.2, 0) is 4.79 Å². The number of amides is 1. The van der Waals surface area contributed by atoms with Gasteiger partial charge < -0.3 is 15.5 Å². The van der Waals surface area contributed by atoms with E-state index in [0.29, 0.717) is 5.95 Å². The fourth-order valence-electron chi connectivity index (χ4n) is 2.46. The van der Waals surface area contributed by atoms with Crippen LogP contribution in [0.25, 0.3) is 0 Å². The molecule has 6 nitrogen and oxygen atoms in total. The molecule has 0 spiro atoms. The first-order valence-corrected chi connectivity index (χ1v) is 6.63. The molecule has 1 unspecified atom stereocenters. The van der Waals surface area contributed by atoms with E-state index in [2.05, 4.69) is 25.5 Å². The maximum atomic E-state index is 11.8. The fourth-order valence-corrected chi connectivity index (χ4v) is 2.46. The lowest BCUT2D eigenvalue weighted by atomic mass is 9.97. The second-order valence-corrected chi connectivity index (χ2v) is 4.85. The third-order valence-corrected chi connectivity index (χ3v) is 3.51. The highest BCUT2D eigenvalue weighted by Gasteiger charge is 2.26. The van der Waals surface area contributed by atoms with Gasteiger partial charge in [0.25, 0.3) is 0 Å². The van der Waals surface area contributed by atoms with Crippen molar-refractivity contribution in [3.8, 4) is 0 Å². The minimum Gasteiger partial charge on any atom is -0.359 e. The van der Waals surface area contributed by atoms with Crippen molar-refractivity contribution in [3.05, 3.63) is 11.8 Å². The molecule has 2 N–H and O–H groups in total. The third-order valence-electron chi connectivity index (χ3n) is 3.51. The standard InChI is InChI=1S/C13H21N5O/c1-9-7-16-13(15-3)17-11(9)18-6-4-5-10(8-18)12(19)14-2/h7,10H,4-6,8H2,1-3H3,(H,14,19)(H,15,16,17). The molecule has 104 valence electrons. The maximum Gasteiger partial charge on any atom is 0.224 e. The van der Waals surface area contributed by atoms with Gasteiger partial charge in [-0.15, -0.1) is 0 Å². The summed E-state index contributed by atoms with van der Waals surface area (Å²) < 4.78 is 0. The molecule has 0 radical (unpaired) electrons. The summed E-state index contributed by atoms with van der Waals surface area (Å²) in [6, 6.07) is 0.